The number of hydrogen-bond acceptors (Lipinski definition) is 3. The highest BCUT2D eigenvalue weighted by molar-refractivity contribution is 5.78. The molecule has 1 amide bonds. The number of carbonyl (C=O) groups excluding carboxylic acids is 1. The molecule has 0 aliphatic heterocycles. The fraction of sp³-hybridized carbons (Fsp3) is 0.364. The van der Waals surface area contributed by atoms with Gasteiger partial charge in [-0.2, -0.15) is 0 Å². The smallest absolute Gasteiger partial charge is 0.226 e. The molecule has 0 radical (unpaired) electrons. The number of hydrogen-bond donors (Lipinski definition) is 1. The fourth-order valence-electron chi connectivity index (χ4n) is 1.26. The first-order valence-electron chi connectivity index (χ1n) is 5.17. The maximum atomic E-state index is 11.2. The van der Waals surface area contributed by atoms with Crippen molar-refractivity contribution in [2.45, 2.75) is 6.54 Å². The molecule has 0 aromatic heterocycles. The summed E-state index contributed by atoms with van der Waals surface area (Å²) in [5, 5.41) is 5.85. The molecular formula is C11H15N5O. The van der Waals surface area contributed by atoms with Gasteiger partial charge in [-0.25, -0.2) is 0 Å². The van der Waals surface area contributed by atoms with Gasteiger partial charge in [0, 0.05) is 31.2 Å². The molecule has 0 saturated heterocycles. The van der Waals surface area contributed by atoms with Crippen molar-refractivity contribution in [2.75, 3.05) is 25.5 Å². The van der Waals surface area contributed by atoms with Crippen molar-refractivity contribution < 1.29 is 4.79 Å². The third-order valence-corrected chi connectivity index (χ3v) is 2.22. The second-order valence-electron chi connectivity index (χ2n) is 3.73. The van der Waals surface area contributed by atoms with Crippen LogP contribution in [-0.2, 0) is 11.3 Å². The Morgan fingerprint density at radius 1 is 1.41 bits per heavy atom. The molecule has 0 spiro atoms. The lowest BCUT2D eigenvalue weighted by molar-refractivity contribution is -0.119. The highest BCUT2D eigenvalue weighted by Gasteiger charge is 2.00. The summed E-state index contributed by atoms with van der Waals surface area (Å²) in [5.41, 5.74) is 10.2. The van der Waals surface area contributed by atoms with Gasteiger partial charge in [-0.1, -0.05) is 17.2 Å². The van der Waals surface area contributed by atoms with E-state index in [2.05, 4.69) is 15.3 Å². The van der Waals surface area contributed by atoms with Gasteiger partial charge in [0.2, 0.25) is 5.91 Å². The second kappa shape index (κ2) is 6.40. The van der Waals surface area contributed by atoms with E-state index in [1.807, 2.05) is 43.3 Å². The number of rotatable bonds is 5. The fourth-order valence-corrected chi connectivity index (χ4v) is 1.26. The van der Waals surface area contributed by atoms with Crippen LogP contribution in [0, 0.1) is 0 Å². The summed E-state index contributed by atoms with van der Waals surface area (Å²) in [6, 6.07) is 7.86. The van der Waals surface area contributed by atoms with Crippen molar-refractivity contribution in [3.8, 4) is 0 Å². The second-order valence-corrected chi connectivity index (χ2v) is 3.73. The van der Waals surface area contributed by atoms with Crippen molar-refractivity contribution in [3.63, 3.8) is 0 Å². The van der Waals surface area contributed by atoms with E-state index >= 15 is 0 Å². The number of azide groups is 1. The lowest BCUT2D eigenvalue weighted by atomic mass is 10.2. The van der Waals surface area contributed by atoms with Crippen LogP contribution in [-0.4, -0.2) is 26.5 Å². The Labute approximate surface area is 99.9 Å². The third-order valence-electron chi connectivity index (χ3n) is 2.22. The zero-order valence-electron chi connectivity index (χ0n) is 9.92. The number of nitrogens with one attached hydrogen (secondary N) is 1. The van der Waals surface area contributed by atoms with E-state index in [1.54, 1.807) is 0 Å². The Balaban J connectivity index is 2.47. The zero-order valence-corrected chi connectivity index (χ0v) is 9.92. The van der Waals surface area contributed by atoms with Crippen LogP contribution in [0.15, 0.2) is 29.4 Å². The average molecular weight is 233 g/mol. The van der Waals surface area contributed by atoms with Crippen molar-refractivity contribution in [1.82, 2.24) is 5.32 Å². The van der Waals surface area contributed by atoms with E-state index in [9.17, 15) is 4.79 Å². The van der Waals surface area contributed by atoms with Gasteiger partial charge in [0.1, 0.15) is 6.54 Å². The summed E-state index contributed by atoms with van der Waals surface area (Å²) in [6.45, 7) is 0.278. The minimum Gasteiger partial charge on any atom is -0.378 e. The SMILES string of the molecule is CN(C)c1ccc(CNC(=O)CN=[N+]=[N-])cc1. The molecule has 0 bridgehead atoms. The lowest BCUT2D eigenvalue weighted by Gasteiger charge is -2.12. The number of amides is 1. The number of anilines is 1. The average Bonchev–Trinajstić information content (AvgIpc) is 2.34. The molecule has 0 aliphatic rings. The van der Waals surface area contributed by atoms with Gasteiger partial charge in [0.15, 0.2) is 0 Å². The summed E-state index contributed by atoms with van der Waals surface area (Å²) in [5.74, 6) is -0.278. The van der Waals surface area contributed by atoms with Crippen LogP contribution in [0.2, 0.25) is 0 Å². The molecule has 1 rings (SSSR count). The van der Waals surface area contributed by atoms with Gasteiger partial charge < -0.3 is 10.2 Å². The van der Waals surface area contributed by atoms with Crippen LogP contribution in [0.3, 0.4) is 0 Å². The van der Waals surface area contributed by atoms with Crippen LogP contribution < -0.4 is 10.2 Å². The molecule has 1 aromatic carbocycles. The molecule has 6 heteroatoms. The van der Waals surface area contributed by atoms with Crippen LogP contribution in [0.25, 0.3) is 10.4 Å². The molecule has 0 aliphatic carbocycles. The lowest BCUT2D eigenvalue weighted by Crippen LogP contribution is -2.24. The highest BCUT2D eigenvalue weighted by Crippen LogP contribution is 2.11. The Morgan fingerprint density at radius 3 is 2.59 bits per heavy atom. The summed E-state index contributed by atoms with van der Waals surface area (Å²) >= 11 is 0. The van der Waals surface area contributed by atoms with Gasteiger partial charge >= 0.3 is 0 Å². The molecule has 1 N–H and O–H groups in total. The summed E-state index contributed by atoms with van der Waals surface area (Å²) in [6.07, 6.45) is 0. The van der Waals surface area contributed by atoms with E-state index in [-0.39, 0.29) is 12.5 Å². The summed E-state index contributed by atoms with van der Waals surface area (Å²) in [4.78, 5) is 15.7. The molecule has 0 atom stereocenters. The van der Waals surface area contributed by atoms with Gasteiger partial charge in [-0.3, -0.25) is 4.79 Å². The topological polar surface area (TPSA) is 81.1 Å². The molecule has 0 unspecified atom stereocenters. The van der Waals surface area contributed by atoms with Crippen molar-refractivity contribution in [3.05, 3.63) is 40.3 Å². The van der Waals surface area contributed by atoms with E-state index in [1.165, 1.54) is 0 Å². The zero-order chi connectivity index (χ0) is 12.7. The predicted molar refractivity (Wildman–Crippen MR) is 66.6 cm³/mol. The minimum atomic E-state index is -0.278. The number of carbonyl (C=O) groups is 1. The maximum absolute atomic E-state index is 11.2. The molecule has 0 saturated carbocycles. The molecular weight excluding hydrogens is 218 g/mol. The first-order chi connectivity index (χ1) is 8.13. The first-order valence-corrected chi connectivity index (χ1v) is 5.17. The molecule has 90 valence electrons. The van der Waals surface area contributed by atoms with E-state index < -0.39 is 0 Å². The Hall–Kier alpha value is -2.20. The standard InChI is InChI=1S/C11H15N5O/c1-16(2)10-5-3-9(4-6-10)7-13-11(17)8-14-15-12/h3-6H,7-8H2,1-2H3,(H,13,17). The normalized spacial score (nSPS) is 9.29. The van der Waals surface area contributed by atoms with Gasteiger partial charge in [0.25, 0.3) is 0 Å². The van der Waals surface area contributed by atoms with Crippen LogP contribution in [0.4, 0.5) is 5.69 Å². The van der Waals surface area contributed by atoms with Crippen LogP contribution in [0.5, 0.6) is 0 Å². The van der Waals surface area contributed by atoms with Gasteiger partial charge in [0.05, 0.1) is 0 Å². The maximum Gasteiger partial charge on any atom is 0.226 e. The third kappa shape index (κ3) is 4.44. The van der Waals surface area contributed by atoms with Crippen molar-refractivity contribution in [2.24, 2.45) is 5.11 Å². The summed E-state index contributed by atoms with van der Waals surface area (Å²) in [7, 11) is 3.94. The predicted octanol–water partition coefficient (Wildman–Crippen LogP) is 1.68. The van der Waals surface area contributed by atoms with E-state index in [4.69, 9.17) is 5.53 Å². The molecule has 1 aromatic rings. The Bertz CT molecular complexity index is 420. The first kappa shape index (κ1) is 12.9. The number of benzene rings is 1. The number of nitrogens with zero attached hydrogens (tertiary/aromatic N) is 4. The Kier molecular flexibility index (Phi) is 4.84. The van der Waals surface area contributed by atoms with Gasteiger partial charge in [-0.15, -0.1) is 0 Å². The van der Waals surface area contributed by atoms with E-state index in [0.717, 1.165) is 11.3 Å². The van der Waals surface area contributed by atoms with Crippen LogP contribution in [0.1, 0.15) is 5.56 Å². The highest BCUT2D eigenvalue weighted by atomic mass is 16.1. The molecule has 0 fully saturated rings. The van der Waals surface area contributed by atoms with Gasteiger partial charge in [-0.05, 0) is 23.2 Å². The largest absolute Gasteiger partial charge is 0.378 e. The van der Waals surface area contributed by atoms with Crippen molar-refractivity contribution in [1.29, 1.82) is 0 Å². The monoisotopic (exact) mass is 233 g/mol. The Morgan fingerprint density at radius 2 is 2.06 bits per heavy atom. The molecule has 6 nitrogen and oxygen atoms in total. The quantitative estimate of drug-likeness (QED) is 0.477. The molecule has 0 heterocycles. The minimum absolute atomic E-state index is 0.160. The molecule has 17 heavy (non-hydrogen) atoms. The van der Waals surface area contributed by atoms with Crippen molar-refractivity contribution >= 4 is 11.6 Å². The summed E-state index contributed by atoms with van der Waals surface area (Å²) < 4.78 is 0. The van der Waals surface area contributed by atoms with Crippen LogP contribution >= 0.6 is 0 Å². The van der Waals surface area contributed by atoms with E-state index in [0.29, 0.717) is 6.54 Å².